The Hall–Kier alpha value is -0.920. The van der Waals surface area contributed by atoms with Crippen molar-refractivity contribution in [2.75, 3.05) is 6.61 Å². The molecular weight excluding hydrogens is 380 g/mol. The summed E-state index contributed by atoms with van der Waals surface area (Å²) in [7, 11) is -4.72. The monoisotopic (exact) mass is 394 g/mol. The normalized spacial score (nSPS) is 26.5. The first-order chi connectivity index (χ1) is 11.8. The first kappa shape index (κ1) is 19.8. The summed E-state index contributed by atoms with van der Waals surface area (Å²) in [6.45, 7) is -0.580. The van der Waals surface area contributed by atoms with Gasteiger partial charge in [-0.05, 0) is 0 Å². The fraction of sp³-hybridized carbons (Fsp3) is 0.417. The molecule has 12 nitrogen and oxygen atoms in total. The van der Waals surface area contributed by atoms with Crippen LogP contribution in [-0.4, -0.2) is 98.4 Å². The van der Waals surface area contributed by atoms with Gasteiger partial charge >= 0.3 is 7.82 Å². The van der Waals surface area contributed by atoms with Gasteiger partial charge in [0.25, 0.3) is 0 Å². The van der Waals surface area contributed by atoms with Gasteiger partial charge in [-0.3, -0.25) is 13.5 Å². The van der Waals surface area contributed by atoms with Crippen LogP contribution in [0.5, 0.6) is 0 Å². The molecule has 4 atom stereocenters. The van der Waals surface area contributed by atoms with Gasteiger partial charge in [0.1, 0.15) is 24.6 Å². The average Bonchev–Trinajstić information content (AvgIpc) is 3.23. The zero-order valence-corrected chi connectivity index (χ0v) is 16.4. The molecule has 1 saturated heterocycles. The number of aliphatic hydroxyl groups excluding tert-OH is 2. The van der Waals surface area contributed by atoms with Gasteiger partial charge in [0.05, 0.1) is 12.9 Å². The molecule has 4 heterocycles. The van der Waals surface area contributed by atoms with Gasteiger partial charge in [-0.15, -0.1) is 0 Å². The van der Waals surface area contributed by atoms with Crippen molar-refractivity contribution >= 4 is 54.2 Å². The van der Waals surface area contributed by atoms with Crippen molar-refractivity contribution in [1.29, 1.82) is 0 Å². The number of hydrogen-bond acceptors (Lipinski definition) is 8. The van der Waals surface area contributed by atoms with Crippen LogP contribution in [0.1, 0.15) is 6.23 Å². The van der Waals surface area contributed by atoms with E-state index >= 15 is 0 Å². The summed E-state index contributed by atoms with van der Waals surface area (Å²) in [4.78, 5) is 30.2. The van der Waals surface area contributed by atoms with Gasteiger partial charge in [0.2, 0.25) is 0 Å². The topological polar surface area (TPSA) is 164 Å². The average molecular weight is 394 g/mol. The van der Waals surface area contributed by atoms with Crippen LogP contribution < -0.4 is 0 Å². The SMILES string of the molecule is O=P(O)(O)OC[C@H]1O[C@@H](n2cnc3c2ncn2ccnc32)[C@H](O)[C@@H]1O.[Na]. The molecule has 26 heavy (non-hydrogen) atoms. The maximum absolute atomic E-state index is 10.8. The molecule has 0 saturated carbocycles. The molecule has 3 aromatic heterocycles. The second kappa shape index (κ2) is 7.24. The van der Waals surface area contributed by atoms with E-state index in [4.69, 9.17) is 14.5 Å². The summed E-state index contributed by atoms with van der Waals surface area (Å²) in [5.41, 5.74) is 1.43. The summed E-state index contributed by atoms with van der Waals surface area (Å²) in [6, 6.07) is 0. The smallest absolute Gasteiger partial charge is 0.387 e. The zero-order valence-electron chi connectivity index (χ0n) is 13.5. The van der Waals surface area contributed by atoms with E-state index in [1.165, 1.54) is 17.2 Å². The number of ether oxygens (including phenoxy) is 1. The maximum atomic E-state index is 10.8. The molecule has 0 spiro atoms. The summed E-state index contributed by atoms with van der Waals surface area (Å²) in [5.74, 6) is 0. The Morgan fingerprint density at radius 2 is 1.92 bits per heavy atom. The molecule has 1 radical (unpaired) electrons. The summed E-state index contributed by atoms with van der Waals surface area (Å²) in [5, 5.41) is 20.3. The number of nitrogens with zero attached hydrogens (tertiary/aromatic N) is 5. The maximum Gasteiger partial charge on any atom is 0.469 e. The van der Waals surface area contributed by atoms with Crippen LogP contribution in [0.25, 0.3) is 16.8 Å². The van der Waals surface area contributed by atoms with Crippen LogP contribution in [0, 0.1) is 0 Å². The minimum absolute atomic E-state index is 0. The van der Waals surface area contributed by atoms with Crippen molar-refractivity contribution in [3.8, 4) is 0 Å². The fourth-order valence-electron chi connectivity index (χ4n) is 2.80. The molecule has 1 aliphatic heterocycles. The van der Waals surface area contributed by atoms with E-state index < -0.39 is 39.0 Å². The third kappa shape index (κ3) is 3.45. The summed E-state index contributed by atoms with van der Waals surface area (Å²) in [6.07, 6.45) is 1.28. The molecule has 3 aromatic rings. The Kier molecular flexibility index (Phi) is 5.53. The standard InChI is InChI=1S/C12H14N5O7P.Na/c18-8-6(3-23-25(20,21)22)24-12(9(8)19)17-5-14-7-10-13-1-2-16(10)4-15-11(7)17;/h1-2,4-6,8-9,12,18-19H,3H2,(H2,20,21,22);/t6-,8-,9-,12-;/m1./s1. The number of phosphoric ester groups is 1. The summed E-state index contributed by atoms with van der Waals surface area (Å²) >= 11 is 0. The predicted octanol–water partition coefficient (Wildman–Crippen LogP) is -1.57. The minimum Gasteiger partial charge on any atom is -0.387 e. The van der Waals surface area contributed by atoms with Crippen LogP contribution in [-0.2, 0) is 13.8 Å². The molecule has 4 N–H and O–H groups in total. The Morgan fingerprint density at radius 3 is 2.65 bits per heavy atom. The van der Waals surface area contributed by atoms with Crippen LogP contribution in [0.3, 0.4) is 0 Å². The van der Waals surface area contributed by atoms with Crippen LogP contribution in [0.15, 0.2) is 25.0 Å². The molecule has 1 fully saturated rings. The largest absolute Gasteiger partial charge is 0.469 e. The molecule has 0 aromatic carbocycles. The molecule has 0 bridgehead atoms. The van der Waals surface area contributed by atoms with Crippen molar-refractivity contribution in [1.82, 2.24) is 23.9 Å². The Labute approximate surface area is 167 Å². The molecule has 0 aliphatic carbocycles. The predicted molar refractivity (Wildman–Crippen MR) is 86.0 cm³/mol. The quantitative estimate of drug-likeness (QED) is 0.300. The zero-order chi connectivity index (χ0) is 17.8. The van der Waals surface area contributed by atoms with E-state index in [0.29, 0.717) is 16.8 Å². The molecule has 0 unspecified atom stereocenters. The van der Waals surface area contributed by atoms with Crippen LogP contribution >= 0.6 is 7.82 Å². The number of hydrogen-bond donors (Lipinski definition) is 4. The van der Waals surface area contributed by atoms with Crippen molar-refractivity contribution in [3.63, 3.8) is 0 Å². The van der Waals surface area contributed by atoms with E-state index in [1.807, 2.05) is 0 Å². The first-order valence-electron chi connectivity index (χ1n) is 7.21. The number of fused-ring (bicyclic) bond motifs is 3. The Bertz CT molecular complexity index is 973. The second-order valence-corrected chi connectivity index (χ2v) is 6.80. The van der Waals surface area contributed by atoms with E-state index in [-0.39, 0.29) is 29.6 Å². The number of rotatable bonds is 4. The number of aromatic nitrogens is 5. The van der Waals surface area contributed by atoms with Crippen molar-refractivity contribution in [2.24, 2.45) is 0 Å². The van der Waals surface area contributed by atoms with Gasteiger partial charge < -0.3 is 24.7 Å². The number of phosphoric acid groups is 1. The van der Waals surface area contributed by atoms with Gasteiger partial charge in [-0.1, -0.05) is 0 Å². The van der Waals surface area contributed by atoms with Crippen molar-refractivity contribution in [3.05, 3.63) is 25.0 Å². The minimum atomic E-state index is -4.72. The van der Waals surface area contributed by atoms with Crippen molar-refractivity contribution in [2.45, 2.75) is 24.5 Å². The van der Waals surface area contributed by atoms with Gasteiger partial charge in [-0.25, -0.2) is 19.5 Å². The van der Waals surface area contributed by atoms with E-state index in [2.05, 4.69) is 19.5 Å². The molecular formula is C12H14N5NaO7P. The van der Waals surface area contributed by atoms with E-state index in [1.54, 1.807) is 16.8 Å². The van der Waals surface area contributed by atoms with Gasteiger partial charge in [-0.2, -0.15) is 0 Å². The van der Waals surface area contributed by atoms with E-state index in [9.17, 15) is 14.8 Å². The number of imidazole rings is 2. The van der Waals surface area contributed by atoms with Crippen LogP contribution in [0.4, 0.5) is 0 Å². The molecule has 4 rings (SSSR count). The molecule has 14 heteroatoms. The molecule has 0 amide bonds. The number of aliphatic hydroxyl groups is 2. The van der Waals surface area contributed by atoms with E-state index in [0.717, 1.165) is 0 Å². The van der Waals surface area contributed by atoms with Gasteiger partial charge in [0.15, 0.2) is 23.0 Å². The Morgan fingerprint density at radius 1 is 1.15 bits per heavy atom. The van der Waals surface area contributed by atoms with Crippen LogP contribution in [0.2, 0.25) is 0 Å². The first-order valence-corrected chi connectivity index (χ1v) is 8.74. The Balaban J connectivity index is 0.00000196. The molecule has 135 valence electrons. The third-order valence-corrected chi connectivity index (χ3v) is 4.46. The fourth-order valence-corrected chi connectivity index (χ4v) is 3.14. The summed E-state index contributed by atoms with van der Waals surface area (Å²) < 4.78 is 23.8. The third-order valence-electron chi connectivity index (χ3n) is 3.97. The molecule has 1 aliphatic rings. The van der Waals surface area contributed by atoms with Gasteiger partial charge in [0, 0.05) is 42.0 Å². The van der Waals surface area contributed by atoms with Crippen molar-refractivity contribution < 1.29 is 33.8 Å². The second-order valence-electron chi connectivity index (χ2n) is 5.56.